The van der Waals surface area contributed by atoms with Gasteiger partial charge in [-0.05, 0) is 25.5 Å². The van der Waals surface area contributed by atoms with Gasteiger partial charge in [-0.25, -0.2) is 0 Å². The van der Waals surface area contributed by atoms with Crippen molar-refractivity contribution in [1.82, 2.24) is 0 Å². The Morgan fingerprint density at radius 2 is 2.00 bits per heavy atom. The summed E-state index contributed by atoms with van der Waals surface area (Å²) in [6.07, 6.45) is 4.33. The van der Waals surface area contributed by atoms with E-state index in [1.54, 1.807) is 16.1 Å². The summed E-state index contributed by atoms with van der Waals surface area (Å²) in [5.41, 5.74) is -0.173. The Bertz CT molecular complexity index is 521. The van der Waals surface area contributed by atoms with Crippen LogP contribution in [0.1, 0.15) is 38.6 Å². The van der Waals surface area contributed by atoms with Crippen molar-refractivity contribution in [2.24, 2.45) is 10.8 Å². The molecule has 4 saturated heterocycles. The number of Topliss-reactive ketones (excluding diaryl/α,β-unsaturated/α-hetero) is 1. The Balaban J connectivity index is 1.74. The van der Waals surface area contributed by atoms with Crippen molar-refractivity contribution >= 4 is 5.78 Å². The number of carbonyl (C=O) groups excluding carboxylic acids is 1. The maximum absolute atomic E-state index is 13.0. The molecule has 5 heterocycles. The van der Waals surface area contributed by atoms with Gasteiger partial charge in [-0.2, -0.15) is 0 Å². The molecule has 0 radical (unpaired) electrons. The summed E-state index contributed by atoms with van der Waals surface area (Å²) in [6, 6.07) is 4.08. The summed E-state index contributed by atoms with van der Waals surface area (Å²) < 4.78 is 5.69. The molecule has 0 saturated carbocycles. The average molecular weight is 276 g/mol. The van der Waals surface area contributed by atoms with E-state index in [2.05, 4.69) is 19.9 Å². The third-order valence-electron chi connectivity index (χ3n) is 5.77. The lowest BCUT2D eigenvalue weighted by Gasteiger charge is -2.59. The summed E-state index contributed by atoms with van der Waals surface area (Å²) in [5.74, 6) is 1.65. The fourth-order valence-corrected chi connectivity index (χ4v) is 5.41. The van der Waals surface area contributed by atoms with E-state index in [0.29, 0.717) is 11.9 Å². The molecule has 0 aromatic carbocycles. The van der Waals surface area contributed by atoms with Crippen LogP contribution < -0.4 is 9.80 Å². The standard InChI is InChI=1S/C16H22N2O2/c1-3-6-16-10-17-8-15(2,14(16)19)9-18(11-16)13(17)12-5-4-7-20-12/h4-5,7,13H,3,6,8-11H2,1-2H3/p+2. The van der Waals surface area contributed by atoms with Crippen molar-refractivity contribution in [3.05, 3.63) is 24.2 Å². The highest BCUT2D eigenvalue weighted by atomic mass is 16.3. The zero-order valence-corrected chi connectivity index (χ0v) is 12.4. The van der Waals surface area contributed by atoms with Crippen LogP contribution in [0.2, 0.25) is 0 Å². The Hall–Kier alpha value is -1.13. The van der Waals surface area contributed by atoms with E-state index in [1.807, 2.05) is 6.07 Å². The fraction of sp³-hybridized carbons (Fsp3) is 0.688. The summed E-state index contributed by atoms with van der Waals surface area (Å²) >= 11 is 0. The number of piperidine rings is 2. The van der Waals surface area contributed by atoms with Crippen molar-refractivity contribution < 1.29 is 19.0 Å². The molecule has 108 valence electrons. The number of nitrogens with one attached hydrogen (secondary N) is 2. The lowest BCUT2D eigenvalue weighted by molar-refractivity contribution is -1.18. The molecule has 5 rings (SSSR count). The molecular weight excluding hydrogens is 252 g/mol. The van der Waals surface area contributed by atoms with E-state index in [-0.39, 0.29) is 10.8 Å². The molecule has 4 bridgehead atoms. The van der Waals surface area contributed by atoms with Gasteiger partial charge in [0.25, 0.3) is 6.17 Å². The van der Waals surface area contributed by atoms with E-state index in [9.17, 15) is 4.79 Å². The first-order chi connectivity index (χ1) is 9.58. The molecule has 4 fully saturated rings. The minimum Gasteiger partial charge on any atom is -0.457 e. The van der Waals surface area contributed by atoms with Crippen LogP contribution in [0.4, 0.5) is 0 Å². The molecular formula is C16H24N2O2+2. The number of rotatable bonds is 3. The number of hydrogen-bond acceptors (Lipinski definition) is 2. The highest BCUT2D eigenvalue weighted by molar-refractivity contribution is 5.91. The number of carbonyl (C=O) groups is 1. The zero-order chi connectivity index (χ0) is 14.0. The van der Waals surface area contributed by atoms with Crippen molar-refractivity contribution in [3.8, 4) is 0 Å². The third kappa shape index (κ3) is 1.46. The zero-order valence-electron chi connectivity index (χ0n) is 12.4. The van der Waals surface area contributed by atoms with Gasteiger partial charge in [-0.1, -0.05) is 13.3 Å². The molecule has 4 aliphatic heterocycles. The minimum atomic E-state index is -0.112. The van der Waals surface area contributed by atoms with E-state index in [4.69, 9.17) is 4.42 Å². The minimum absolute atomic E-state index is 0.0617. The molecule has 4 nitrogen and oxygen atoms in total. The highest BCUT2D eigenvalue weighted by Gasteiger charge is 2.69. The van der Waals surface area contributed by atoms with Crippen LogP contribution in [0, 0.1) is 10.8 Å². The van der Waals surface area contributed by atoms with E-state index in [1.165, 1.54) is 0 Å². The van der Waals surface area contributed by atoms with Gasteiger partial charge in [-0.15, -0.1) is 0 Å². The largest absolute Gasteiger partial charge is 0.457 e. The molecule has 1 aromatic heterocycles. The lowest BCUT2D eigenvalue weighted by Crippen LogP contribution is -3.41. The molecule has 2 N–H and O–H groups in total. The SMILES string of the molecule is CCCC12C[NH+]3CC(C)(C[NH+](C1)C3c1ccco1)C2=O. The third-order valence-corrected chi connectivity index (χ3v) is 5.77. The Kier molecular flexibility index (Phi) is 2.49. The number of ketones is 1. The van der Waals surface area contributed by atoms with Crippen molar-refractivity contribution in [2.45, 2.75) is 32.9 Å². The van der Waals surface area contributed by atoms with Crippen LogP contribution in [0.25, 0.3) is 0 Å². The first-order valence-electron chi connectivity index (χ1n) is 7.85. The molecule has 1 aromatic rings. The molecule has 4 aliphatic rings. The summed E-state index contributed by atoms with van der Waals surface area (Å²) in [6.45, 7) is 8.36. The average Bonchev–Trinajstić information content (AvgIpc) is 2.88. The normalized spacial score (nSPS) is 46.1. The number of furan rings is 1. The predicted molar refractivity (Wildman–Crippen MR) is 73.3 cm³/mol. The number of hydrogen-bond donors (Lipinski definition) is 2. The van der Waals surface area contributed by atoms with Crippen molar-refractivity contribution in [1.29, 1.82) is 0 Å². The summed E-state index contributed by atoms with van der Waals surface area (Å²) in [7, 11) is 0. The highest BCUT2D eigenvalue weighted by Crippen LogP contribution is 2.39. The molecule has 2 unspecified atom stereocenters. The Morgan fingerprint density at radius 1 is 1.30 bits per heavy atom. The van der Waals surface area contributed by atoms with Gasteiger partial charge in [0.05, 0.1) is 6.26 Å². The maximum Gasteiger partial charge on any atom is 0.273 e. The Morgan fingerprint density at radius 3 is 2.55 bits per heavy atom. The van der Waals surface area contributed by atoms with Gasteiger partial charge >= 0.3 is 0 Å². The maximum atomic E-state index is 13.0. The second-order valence-electron chi connectivity index (χ2n) is 7.39. The molecule has 0 spiro atoms. The molecule has 20 heavy (non-hydrogen) atoms. The van der Waals surface area contributed by atoms with Crippen molar-refractivity contribution in [2.75, 3.05) is 26.2 Å². The van der Waals surface area contributed by atoms with Crippen LogP contribution in [-0.4, -0.2) is 32.0 Å². The van der Waals surface area contributed by atoms with Crippen LogP contribution in [-0.2, 0) is 4.79 Å². The van der Waals surface area contributed by atoms with Gasteiger partial charge in [0.15, 0.2) is 5.78 Å². The molecule has 0 aliphatic carbocycles. The van der Waals surface area contributed by atoms with E-state index < -0.39 is 0 Å². The van der Waals surface area contributed by atoms with E-state index in [0.717, 1.165) is 44.8 Å². The first kappa shape index (κ1) is 12.6. The molecule has 2 atom stereocenters. The van der Waals surface area contributed by atoms with Crippen LogP contribution in [0.15, 0.2) is 22.8 Å². The van der Waals surface area contributed by atoms with Gasteiger partial charge in [0.1, 0.15) is 37.0 Å². The molecule has 4 heteroatoms. The van der Waals surface area contributed by atoms with Crippen LogP contribution in [0.3, 0.4) is 0 Å². The van der Waals surface area contributed by atoms with Gasteiger partial charge in [0.2, 0.25) is 5.76 Å². The second-order valence-corrected chi connectivity index (χ2v) is 7.39. The van der Waals surface area contributed by atoms with Gasteiger partial charge in [-0.3, -0.25) is 14.6 Å². The summed E-state index contributed by atoms with van der Waals surface area (Å²) in [4.78, 5) is 16.1. The van der Waals surface area contributed by atoms with Crippen molar-refractivity contribution in [3.63, 3.8) is 0 Å². The first-order valence-corrected chi connectivity index (χ1v) is 7.85. The topological polar surface area (TPSA) is 39.1 Å². The monoisotopic (exact) mass is 276 g/mol. The lowest BCUT2D eigenvalue weighted by atomic mass is 9.59. The van der Waals surface area contributed by atoms with Gasteiger partial charge in [0, 0.05) is 0 Å². The summed E-state index contributed by atoms with van der Waals surface area (Å²) in [5, 5.41) is 0. The quantitative estimate of drug-likeness (QED) is 0.778. The smallest absolute Gasteiger partial charge is 0.273 e. The second kappa shape index (κ2) is 3.95. The molecule has 0 amide bonds. The van der Waals surface area contributed by atoms with Crippen LogP contribution >= 0.6 is 0 Å². The predicted octanol–water partition coefficient (Wildman–Crippen LogP) is -0.549. The van der Waals surface area contributed by atoms with E-state index >= 15 is 0 Å². The number of quaternary nitrogens is 2. The van der Waals surface area contributed by atoms with Crippen LogP contribution in [0.5, 0.6) is 0 Å². The Labute approximate surface area is 119 Å². The fourth-order valence-electron chi connectivity index (χ4n) is 5.41. The van der Waals surface area contributed by atoms with Gasteiger partial charge < -0.3 is 4.42 Å².